The molecule has 1 N–H and O–H groups in total. The number of quaternary nitrogens is 1. The topological polar surface area (TPSA) is 31.4 Å². The number of aryl methyl sites for hydroxylation is 6. The van der Waals surface area contributed by atoms with Crippen LogP contribution in [0.4, 0.5) is 0 Å². The Morgan fingerprint density at radius 1 is 0.625 bits per heavy atom. The summed E-state index contributed by atoms with van der Waals surface area (Å²) >= 11 is 0. The molecule has 5 rings (SSSR count). The Hall–Kier alpha value is -3.89. The molecule has 2 aromatic carbocycles. The highest BCUT2D eigenvalue weighted by atomic mass is 16.1. The van der Waals surface area contributed by atoms with Crippen LogP contribution in [0.5, 0.6) is 0 Å². The van der Waals surface area contributed by atoms with E-state index < -0.39 is 0 Å². The van der Waals surface area contributed by atoms with Gasteiger partial charge in [0.25, 0.3) is 0 Å². The van der Waals surface area contributed by atoms with Crippen LogP contribution in [0.2, 0.25) is 0 Å². The second-order valence-electron chi connectivity index (χ2n) is 11.9. The number of likely N-dealkylation sites (tertiary alicyclic amines) is 1. The van der Waals surface area contributed by atoms with Crippen molar-refractivity contribution < 1.29 is 9.69 Å². The molecule has 4 nitrogen and oxygen atoms in total. The number of benzene rings is 2. The molecule has 0 spiro atoms. The molecular formula is C36H42N3O+. The normalized spacial score (nSPS) is 17.8. The van der Waals surface area contributed by atoms with Gasteiger partial charge >= 0.3 is 0 Å². The Kier molecular flexibility index (Phi) is 7.32. The zero-order valence-electron chi connectivity index (χ0n) is 25.5. The number of aromatic nitrogens is 2. The molecule has 0 radical (unpaired) electrons. The number of piperidine rings is 1. The largest absolute Gasteiger partial charge is 0.330 e. The van der Waals surface area contributed by atoms with Crippen LogP contribution in [0.1, 0.15) is 56.2 Å². The quantitative estimate of drug-likeness (QED) is 0.307. The number of Topliss-reactive ketones (excluding diaryl/α,β-unsaturated/α-hetero) is 1. The summed E-state index contributed by atoms with van der Waals surface area (Å²) in [6.07, 6.45) is 4.25. The van der Waals surface area contributed by atoms with E-state index in [1.165, 1.54) is 49.9 Å². The zero-order valence-corrected chi connectivity index (χ0v) is 25.5. The van der Waals surface area contributed by atoms with Gasteiger partial charge in [0.05, 0.1) is 18.2 Å². The van der Waals surface area contributed by atoms with Crippen molar-refractivity contribution in [2.45, 2.75) is 55.4 Å². The second kappa shape index (κ2) is 10.6. The van der Waals surface area contributed by atoms with Crippen LogP contribution >= 0.6 is 0 Å². The Balaban J connectivity index is 1.52. The van der Waals surface area contributed by atoms with Crippen molar-refractivity contribution in [1.29, 1.82) is 0 Å². The summed E-state index contributed by atoms with van der Waals surface area (Å²) in [5, 5.41) is 0. The zero-order chi connectivity index (χ0) is 28.9. The number of hydrogen-bond acceptors (Lipinski definition) is 1. The van der Waals surface area contributed by atoms with Crippen LogP contribution in [0.15, 0.2) is 59.7 Å². The van der Waals surface area contributed by atoms with Gasteiger partial charge in [0.2, 0.25) is 0 Å². The fraction of sp³-hybridized carbons (Fsp3) is 0.306. The van der Waals surface area contributed by atoms with Crippen molar-refractivity contribution in [3.63, 3.8) is 0 Å². The highest BCUT2D eigenvalue weighted by Gasteiger charge is 2.28. The summed E-state index contributed by atoms with van der Waals surface area (Å²) in [4.78, 5) is 15.2. The monoisotopic (exact) mass is 532 g/mol. The van der Waals surface area contributed by atoms with Gasteiger partial charge in [-0.1, -0.05) is 35.4 Å². The summed E-state index contributed by atoms with van der Waals surface area (Å²) in [7, 11) is 2.17. The van der Waals surface area contributed by atoms with Gasteiger partial charge in [-0.2, -0.15) is 0 Å². The molecule has 40 heavy (non-hydrogen) atoms. The smallest absolute Gasteiger partial charge is 0.196 e. The van der Waals surface area contributed by atoms with E-state index in [-0.39, 0.29) is 5.78 Å². The highest BCUT2D eigenvalue weighted by Crippen LogP contribution is 2.28. The van der Waals surface area contributed by atoms with Crippen LogP contribution in [0.3, 0.4) is 0 Å². The summed E-state index contributed by atoms with van der Waals surface area (Å²) in [6.45, 7) is 18.6. The standard InChI is InChI=1S/C36H41N3O/c1-22-10-12-34(24(3)14-22)38-26(5)16-30(28(38)7)18-32-20-37(9)21-33(36(32)40)19-31-17-27(6)39(29(31)8)35-13-11-23(2)15-25(35)4/h10-19H,20-21H2,1-9H3/p+1/b32-18-,33-19-. The number of carbonyl (C=O) groups is 1. The number of rotatable bonds is 4. The maximum atomic E-state index is 13.8. The first kappa shape index (κ1) is 27.7. The minimum atomic E-state index is 0.165. The maximum Gasteiger partial charge on any atom is 0.196 e. The van der Waals surface area contributed by atoms with Crippen molar-refractivity contribution in [3.8, 4) is 11.4 Å². The lowest BCUT2D eigenvalue weighted by Gasteiger charge is -2.23. The average Bonchev–Trinajstić information content (AvgIpc) is 3.30. The molecule has 0 saturated carbocycles. The molecule has 0 atom stereocenters. The molecule has 1 fully saturated rings. The molecule has 0 bridgehead atoms. The third-order valence-electron chi connectivity index (χ3n) is 8.35. The summed E-state index contributed by atoms with van der Waals surface area (Å²) < 4.78 is 4.62. The maximum absolute atomic E-state index is 13.8. The van der Waals surface area contributed by atoms with Crippen LogP contribution in [0.25, 0.3) is 23.5 Å². The van der Waals surface area contributed by atoms with Gasteiger partial charge < -0.3 is 14.0 Å². The number of nitrogens with one attached hydrogen (secondary N) is 1. The summed E-state index contributed by atoms with van der Waals surface area (Å²) in [6, 6.07) is 17.6. The first-order valence-electron chi connectivity index (χ1n) is 14.2. The number of carbonyl (C=O) groups excluding carboxylic acids is 1. The van der Waals surface area contributed by atoms with Gasteiger partial charge in [-0.05, 0) is 114 Å². The van der Waals surface area contributed by atoms with Gasteiger partial charge in [-0.3, -0.25) is 4.79 Å². The Morgan fingerprint density at radius 3 is 1.40 bits per heavy atom. The number of hydrogen-bond donors (Lipinski definition) is 1. The second-order valence-corrected chi connectivity index (χ2v) is 11.9. The molecule has 1 saturated heterocycles. The Bertz CT molecular complexity index is 1580. The van der Waals surface area contributed by atoms with Crippen molar-refractivity contribution in [2.24, 2.45) is 0 Å². The molecule has 206 valence electrons. The van der Waals surface area contributed by atoms with Gasteiger partial charge in [0.1, 0.15) is 13.1 Å². The Labute approximate surface area is 239 Å². The van der Waals surface area contributed by atoms with Gasteiger partial charge in [-0.25, -0.2) is 0 Å². The fourth-order valence-electron chi connectivity index (χ4n) is 6.41. The van der Waals surface area contributed by atoms with Crippen molar-refractivity contribution in [2.75, 3.05) is 20.1 Å². The predicted molar refractivity (Wildman–Crippen MR) is 167 cm³/mol. The fourth-order valence-corrected chi connectivity index (χ4v) is 6.41. The molecule has 1 aliphatic rings. The molecule has 3 heterocycles. The van der Waals surface area contributed by atoms with E-state index >= 15 is 0 Å². The molecule has 0 aliphatic carbocycles. The van der Waals surface area contributed by atoms with E-state index in [9.17, 15) is 4.79 Å². The van der Waals surface area contributed by atoms with E-state index in [0.717, 1.165) is 46.8 Å². The number of likely N-dealkylation sites (N-methyl/N-ethyl adjacent to an activating group) is 1. The van der Waals surface area contributed by atoms with Crippen molar-refractivity contribution in [1.82, 2.24) is 9.13 Å². The van der Waals surface area contributed by atoms with E-state index in [4.69, 9.17) is 0 Å². The van der Waals surface area contributed by atoms with E-state index in [0.29, 0.717) is 0 Å². The van der Waals surface area contributed by atoms with Gasteiger partial charge in [0.15, 0.2) is 5.78 Å². The molecular weight excluding hydrogens is 490 g/mol. The molecule has 4 heteroatoms. The van der Waals surface area contributed by atoms with Crippen LogP contribution in [-0.4, -0.2) is 35.1 Å². The third kappa shape index (κ3) is 5.04. The first-order chi connectivity index (χ1) is 18.9. The highest BCUT2D eigenvalue weighted by molar-refractivity contribution is 6.14. The predicted octanol–water partition coefficient (Wildman–Crippen LogP) is 6.30. The molecule has 4 aromatic rings. The first-order valence-corrected chi connectivity index (χ1v) is 14.2. The van der Waals surface area contributed by atoms with Crippen molar-refractivity contribution in [3.05, 3.63) is 116 Å². The minimum absolute atomic E-state index is 0.165. The lowest BCUT2D eigenvalue weighted by molar-refractivity contribution is -0.870. The van der Waals surface area contributed by atoms with Crippen LogP contribution < -0.4 is 4.90 Å². The molecule has 0 amide bonds. The van der Waals surface area contributed by atoms with Gasteiger partial charge in [-0.15, -0.1) is 0 Å². The lowest BCUT2D eigenvalue weighted by Crippen LogP contribution is -3.10. The van der Waals surface area contributed by atoms with E-state index in [2.05, 4.69) is 132 Å². The van der Waals surface area contributed by atoms with Crippen LogP contribution in [0, 0.1) is 55.4 Å². The van der Waals surface area contributed by atoms with Gasteiger partial charge in [0, 0.05) is 34.2 Å². The SMILES string of the molecule is Cc1ccc(-n2c(C)cc(/C=C3/C[NH+](C)C/C(=C/c4cc(C)n(-c5ccc(C)cc5C)c4C)C3=O)c2C)c(C)c1. The van der Waals surface area contributed by atoms with Crippen LogP contribution in [-0.2, 0) is 4.79 Å². The minimum Gasteiger partial charge on any atom is -0.330 e. The molecule has 0 unspecified atom stereocenters. The van der Waals surface area contributed by atoms with E-state index in [1.807, 2.05) is 0 Å². The third-order valence-corrected chi connectivity index (χ3v) is 8.35. The summed E-state index contributed by atoms with van der Waals surface area (Å²) in [5.41, 5.74) is 16.1. The number of ketones is 1. The van der Waals surface area contributed by atoms with Crippen molar-refractivity contribution >= 4 is 17.9 Å². The number of nitrogens with zero attached hydrogens (tertiary/aromatic N) is 2. The lowest BCUT2D eigenvalue weighted by atomic mass is 9.94. The molecule has 2 aromatic heterocycles. The average molecular weight is 533 g/mol. The van der Waals surface area contributed by atoms with E-state index in [1.54, 1.807) is 0 Å². The Morgan fingerprint density at radius 2 is 1.02 bits per heavy atom. The summed E-state index contributed by atoms with van der Waals surface area (Å²) in [5.74, 6) is 0.165. The molecule has 1 aliphatic heterocycles.